The van der Waals surface area contributed by atoms with E-state index >= 15 is 0 Å². The topological polar surface area (TPSA) is 62.5 Å². The van der Waals surface area contributed by atoms with Gasteiger partial charge in [0.25, 0.3) is 0 Å². The number of thiophene rings is 1. The summed E-state index contributed by atoms with van der Waals surface area (Å²) in [6.45, 7) is 1.50. The lowest BCUT2D eigenvalue weighted by Crippen LogP contribution is -2.29. The largest absolute Gasteiger partial charge is 0.477 e. The van der Waals surface area contributed by atoms with Crippen LogP contribution in [0, 0.1) is 5.82 Å². The molecule has 1 aromatic carbocycles. The molecule has 5 nitrogen and oxygen atoms in total. The molecule has 0 spiro atoms. The minimum atomic E-state index is -1.32. The molecule has 0 saturated heterocycles. The molecule has 138 valence electrons. The molecule has 1 fully saturated rings. The second-order valence-electron chi connectivity index (χ2n) is 7.18. The summed E-state index contributed by atoms with van der Waals surface area (Å²) in [5, 5.41) is 11.3. The smallest absolute Gasteiger partial charge is 0.341 e. The zero-order valence-electron chi connectivity index (χ0n) is 14.4. The fraction of sp³-hybridized carbons (Fsp3) is 0.300. The van der Waals surface area contributed by atoms with E-state index in [9.17, 15) is 19.1 Å². The third kappa shape index (κ3) is 2.65. The van der Waals surface area contributed by atoms with Gasteiger partial charge in [-0.2, -0.15) is 0 Å². The van der Waals surface area contributed by atoms with E-state index in [1.54, 1.807) is 15.9 Å². The SMILES string of the molecule is O=C(O)c1cn(C2CC2)c2cc(N3CCc4sccc4C3)cc(F)c2c1=O. The van der Waals surface area contributed by atoms with Crippen molar-refractivity contribution in [1.29, 1.82) is 0 Å². The normalized spacial score (nSPS) is 16.6. The Kier molecular flexibility index (Phi) is 3.62. The van der Waals surface area contributed by atoms with Crippen LogP contribution in [-0.2, 0) is 13.0 Å². The minimum absolute atomic E-state index is 0.126. The van der Waals surface area contributed by atoms with E-state index in [4.69, 9.17) is 0 Å². The molecule has 1 aliphatic heterocycles. The van der Waals surface area contributed by atoms with Crippen molar-refractivity contribution < 1.29 is 14.3 Å². The Balaban J connectivity index is 1.69. The van der Waals surface area contributed by atoms with Crippen LogP contribution in [0.2, 0.25) is 0 Å². The molecule has 0 radical (unpaired) electrons. The van der Waals surface area contributed by atoms with Crippen LogP contribution in [0.1, 0.15) is 39.7 Å². The van der Waals surface area contributed by atoms with Crippen LogP contribution < -0.4 is 10.3 Å². The second kappa shape index (κ2) is 5.92. The molecule has 3 heterocycles. The predicted octanol–water partition coefficient (Wildman–Crippen LogP) is 3.80. The fourth-order valence-corrected chi connectivity index (χ4v) is 4.76. The van der Waals surface area contributed by atoms with E-state index in [1.165, 1.54) is 22.7 Å². The quantitative estimate of drug-likeness (QED) is 0.746. The molecule has 0 unspecified atom stereocenters. The van der Waals surface area contributed by atoms with Gasteiger partial charge in [-0.25, -0.2) is 9.18 Å². The summed E-state index contributed by atoms with van der Waals surface area (Å²) >= 11 is 1.75. The number of anilines is 1. The van der Waals surface area contributed by atoms with Crippen molar-refractivity contribution in [3.8, 4) is 0 Å². The minimum Gasteiger partial charge on any atom is -0.477 e. The molecule has 7 heteroatoms. The number of carboxylic acids is 1. The van der Waals surface area contributed by atoms with Crippen molar-refractivity contribution in [3.63, 3.8) is 0 Å². The first-order chi connectivity index (χ1) is 13.0. The molecule has 3 aromatic rings. The van der Waals surface area contributed by atoms with Crippen LogP contribution in [0.15, 0.2) is 34.6 Å². The Morgan fingerprint density at radius 1 is 1.30 bits per heavy atom. The zero-order chi connectivity index (χ0) is 18.7. The fourth-order valence-electron chi connectivity index (χ4n) is 3.87. The summed E-state index contributed by atoms with van der Waals surface area (Å²) in [6.07, 6.45) is 4.11. The average molecular weight is 384 g/mol. The van der Waals surface area contributed by atoms with Gasteiger partial charge < -0.3 is 14.6 Å². The van der Waals surface area contributed by atoms with E-state index in [0.717, 1.165) is 31.5 Å². The molecular formula is C20H17FN2O3S. The Morgan fingerprint density at radius 2 is 2.11 bits per heavy atom. The lowest BCUT2D eigenvalue weighted by molar-refractivity contribution is 0.0695. The van der Waals surface area contributed by atoms with Crippen molar-refractivity contribution in [2.45, 2.75) is 31.8 Å². The molecular weight excluding hydrogens is 367 g/mol. The van der Waals surface area contributed by atoms with Gasteiger partial charge in [-0.1, -0.05) is 0 Å². The molecule has 0 bridgehead atoms. The molecule has 2 aromatic heterocycles. The standard InChI is InChI=1S/C20H17FN2O3S/c21-15-7-13(22-5-3-17-11(9-22)4-6-27-17)8-16-18(15)19(24)14(20(25)26)10-23(16)12-1-2-12/h4,6-8,10,12H,1-3,5,9H2,(H,25,26). The van der Waals surface area contributed by atoms with Gasteiger partial charge in [-0.05, 0) is 48.4 Å². The number of carbonyl (C=O) groups is 1. The Bertz CT molecular complexity index is 1150. The third-order valence-corrected chi connectivity index (χ3v) is 6.44. The number of benzene rings is 1. The number of carboxylic acid groups (broad SMARTS) is 1. The van der Waals surface area contributed by atoms with E-state index in [0.29, 0.717) is 12.1 Å². The van der Waals surface area contributed by atoms with Gasteiger partial charge in [0.05, 0.1) is 10.9 Å². The summed E-state index contributed by atoms with van der Waals surface area (Å²) in [4.78, 5) is 27.5. The number of aromatic carboxylic acids is 1. The van der Waals surface area contributed by atoms with Crippen molar-refractivity contribution >= 4 is 33.9 Å². The summed E-state index contributed by atoms with van der Waals surface area (Å²) in [6, 6.07) is 5.43. The number of fused-ring (bicyclic) bond motifs is 2. The summed E-state index contributed by atoms with van der Waals surface area (Å²) in [5.74, 6) is -1.97. The first-order valence-corrected chi connectivity index (χ1v) is 9.83. The van der Waals surface area contributed by atoms with E-state index < -0.39 is 17.2 Å². The monoisotopic (exact) mass is 384 g/mol. The molecule has 0 atom stereocenters. The number of rotatable bonds is 3. The highest BCUT2D eigenvalue weighted by atomic mass is 32.1. The number of hydrogen-bond acceptors (Lipinski definition) is 4. The lowest BCUT2D eigenvalue weighted by atomic mass is 10.1. The van der Waals surface area contributed by atoms with Gasteiger partial charge in [-0.3, -0.25) is 4.79 Å². The van der Waals surface area contributed by atoms with Crippen LogP contribution in [0.4, 0.5) is 10.1 Å². The molecule has 5 rings (SSSR count). The van der Waals surface area contributed by atoms with Crippen LogP contribution >= 0.6 is 11.3 Å². The Morgan fingerprint density at radius 3 is 2.85 bits per heavy atom. The van der Waals surface area contributed by atoms with Crippen molar-refractivity contribution in [1.82, 2.24) is 4.57 Å². The number of nitrogens with zero attached hydrogens (tertiary/aromatic N) is 2. The first kappa shape index (κ1) is 16.5. The Labute approximate surface area is 158 Å². The number of aromatic nitrogens is 1. The molecule has 1 aliphatic carbocycles. The maximum atomic E-state index is 15.0. The van der Waals surface area contributed by atoms with Crippen LogP contribution in [0.3, 0.4) is 0 Å². The van der Waals surface area contributed by atoms with E-state index in [-0.39, 0.29) is 17.0 Å². The highest BCUT2D eigenvalue weighted by molar-refractivity contribution is 7.10. The molecule has 27 heavy (non-hydrogen) atoms. The molecule has 2 aliphatic rings. The number of hydrogen-bond donors (Lipinski definition) is 1. The van der Waals surface area contributed by atoms with Gasteiger partial charge in [0, 0.05) is 35.9 Å². The molecule has 0 amide bonds. The van der Waals surface area contributed by atoms with Gasteiger partial charge in [0.15, 0.2) is 0 Å². The highest BCUT2D eigenvalue weighted by Crippen LogP contribution is 2.38. The number of halogens is 1. The Hall–Kier alpha value is -2.67. The maximum absolute atomic E-state index is 15.0. The van der Waals surface area contributed by atoms with Crippen molar-refractivity contribution in [3.05, 3.63) is 61.8 Å². The summed E-state index contributed by atoms with van der Waals surface area (Å²) < 4.78 is 16.7. The molecule has 1 N–H and O–H groups in total. The van der Waals surface area contributed by atoms with Crippen LogP contribution in [0.25, 0.3) is 10.9 Å². The second-order valence-corrected chi connectivity index (χ2v) is 8.18. The summed E-state index contributed by atoms with van der Waals surface area (Å²) in [7, 11) is 0. The highest BCUT2D eigenvalue weighted by Gasteiger charge is 2.28. The van der Waals surface area contributed by atoms with E-state index in [1.807, 2.05) is 6.07 Å². The van der Waals surface area contributed by atoms with Crippen molar-refractivity contribution in [2.75, 3.05) is 11.4 Å². The average Bonchev–Trinajstić information content (AvgIpc) is 3.37. The lowest BCUT2D eigenvalue weighted by Gasteiger charge is -2.29. The van der Waals surface area contributed by atoms with Crippen LogP contribution in [-0.4, -0.2) is 22.2 Å². The molecule has 1 saturated carbocycles. The first-order valence-electron chi connectivity index (χ1n) is 8.95. The van der Waals surface area contributed by atoms with Crippen LogP contribution in [0.5, 0.6) is 0 Å². The van der Waals surface area contributed by atoms with E-state index in [2.05, 4.69) is 16.3 Å². The number of pyridine rings is 1. The maximum Gasteiger partial charge on any atom is 0.341 e. The van der Waals surface area contributed by atoms with Gasteiger partial charge in [0.2, 0.25) is 5.43 Å². The van der Waals surface area contributed by atoms with Crippen molar-refractivity contribution in [2.24, 2.45) is 0 Å². The van der Waals surface area contributed by atoms with Gasteiger partial charge in [-0.15, -0.1) is 11.3 Å². The third-order valence-electron chi connectivity index (χ3n) is 5.42. The summed E-state index contributed by atoms with van der Waals surface area (Å²) in [5.41, 5.74) is 1.35. The van der Waals surface area contributed by atoms with Gasteiger partial charge >= 0.3 is 5.97 Å². The zero-order valence-corrected chi connectivity index (χ0v) is 15.3. The predicted molar refractivity (Wildman–Crippen MR) is 102 cm³/mol. The van der Waals surface area contributed by atoms with Gasteiger partial charge in [0.1, 0.15) is 11.4 Å².